The Morgan fingerprint density at radius 3 is 2.55 bits per heavy atom. The summed E-state index contributed by atoms with van der Waals surface area (Å²) in [7, 11) is 0. The Hall–Kier alpha value is -3.45. The fraction of sp³-hybridized carbons (Fsp3) is 0.192. The molecule has 2 N–H and O–H groups in total. The van der Waals surface area contributed by atoms with Gasteiger partial charge in [-0.1, -0.05) is 57.9 Å². The Balaban J connectivity index is 1.42. The van der Waals surface area contributed by atoms with E-state index >= 15 is 0 Å². The SMILES string of the molecule is Cc1cccc(CNC(=O)c2ccccc2NC(=O)[C@@H]2CC(=O)N(c3ccc(Br)cc3)C2)c1. The van der Waals surface area contributed by atoms with E-state index in [4.69, 9.17) is 0 Å². The third-order valence-electron chi connectivity index (χ3n) is 5.60. The van der Waals surface area contributed by atoms with E-state index in [2.05, 4.69) is 26.6 Å². The van der Waals surface area contributed by atoms with Crippen molar-refractivity contribution >= 4 is 45.0 Å². The number of benzene rings is 3. The fourth-order valence-electron chi connectivity index (χ4n) is 3.88. The van der Waals surface area contributed by atoms with Crippen LogP contribution < -0.4 is 15.5 Å². The van der Waals surface area contributed by atoms with Gasteiger partial charge in [0.25, 0.3) is 5.91 Å². The summed E-state index contributed by atoms with van der Waals surface area (Å²) in [6.45, 7) is 2.69. The Bertz CT molecular complexity index is 1190. The lowest BCUT2D eigenvalue weighted by atomic mass is 10.1. The molecule has 0 bridgehead atoms. The van der Waals surface area contributed by atoms with Crippen LogP contribution in [0.2, 0.25) is 0 Å². The predicted molar refractivity (Wildman–Crippen MR) is 132 cm³/mol. The molecule has 0 aromatic heterocycles. The highest BCUT2D eigenvalue weighted by Crippen LogP contribution is 2.27. The van der Waals surface area contributed by atoms with Gasteiger partial charge in [0, 0.05) is 29.7 Å². The van der Waals surface area contributed by atoms with Crippen LogP contribution in [-0.2, 0) is 16.1 Å². The molecule has 3 amide bonds. The quantitative estimate of drug-likeness (QED) is 0.510. The number of rotatable bonds is 6. The largest absolute Gasteiger partial charge is 0.348 e. The number of carbonyl (C=O) groups excluding carboxylic acids is 3. The predicted octanol–water partition coefficient (Wildman–Crippen LogP) is 4.68. The number of para-hydroxylation sites is 1. The van der Waals surface area contributed by atoms with E-state index in [1.807, 2.05) is 55.5 Å². The average molecular weight is 506 g/mol. The monoisotopic (exact) mass is 505 g/mol. The molecule has 0 unspecified atom stereocenters. The minimum Gasteiger partial charge on any atom is -0.348 e. The molecule has 0 saturated carbocycles. The van der Waals surface area contributed by atoms with Crippen LogP contribution in [0, 0.1) is 12.8 Å². The third kappa shape index (κ3) is 5.49. The van der Waals surface area contributed by atoms with Gasteiger partial charge in [-0.2, -0.15) is 0 Å². The van der Waals surface area contributed by atoms with Crippen molar-refractivity contribution in [2.45, 2.75) is 19.9 Å². The summed E-state index contributed by atoms with van der Waals surface area (Å²) >= 11 is 3.39. The summed E-state index contributed by atoms with van der Waals surface area (Å²) in [5.74, 6) is -1.14. The second-order valence-corrected chi connectivity index (χ2v) is 9.00. The van der Waals surface area contributed by atoms with Crippen molar-refractivity contribution in [1.29, 1.82) is 0 Å². The summed E-state index contributed by atoms with van der Waals surface area (Å²) < 4.78 is 0.921. The maximum Gasteiger partial charge on any atom is 0.253 e. The normalized spacial score (nSPS) is 15.4. The lowest BCUT2D eigenvalue weighted by Gasteiger charge is -2.17. The maximum atomic E-state index is 13.0. The molecule has 6 nitrogen and oxygen atoms in total. The highest BCUT2D eigenvalue weighted by Gasteiger charge is 2.35. The van der Waals surface area contributed by atoms with E-state index in [0.29, 0.717) is 24.3 Å². The third-order valence-corrected chi connectivity index (χ3v) is 6.13. The average Bonchev–Trinajstić information content (AvgIpc) is 3.20. The molecule has 1 atom stereocenters. The van der Waals surface area contributed by atoms with Crippen molar-refractivity contribution in [2.75, 3.05) is 16.8 Å². The summed E-state index contributed by atoms with van der Waals surface area (Å²) in [5, 5.41) is 5.77. The molecule has 1 aliphatic rings. The first-order chi connectivity index (χ1) is 15.9. The molecule has 0 radical (unpaired) electrons. The molecule has 33 heavy (non-hydrogen) atoms. The first kappa shape index (κ1) is 22.7. The number of halogens is 1. The van der Waals surface area contributed by atoms with Crippen molar-refractivity contribution in [3.63, 3.8) is 0 Å². The van der Waals surface area contributed by atoms with Crippen LogP contribution in [0.15, 0.2) is 77.3 Å². The van der Waals surface area contributed by atoms with E-state index in [1.54, 1.807) is 29.2 Å². The number of hydrogen-bond donors (Lipinski definition) is 2. The molecule has 0 spiro atoms. The van der Waals surface area contributed by atoms with Crippen LogP contribution in [0.4, 0.5) is 11.4 Å². The van der Waals surface area contributed by atoms with E-state index < -0.39 is 5.92 Å². The number of hydrogen-bond acceptors (Lipinski definition) is 3. The minimum absolute atomic E-state index is 0.0957. The van der Waals surface area contributed by atoms with Gasteiger partial charge in [0.2, 0.25) is 11.8 Å². The topological polar surface area (TPSA) is 78.5 Å². The van der Waals surface area contributed by atoms with Crippen molar-refractivity contribution in [3.05, 3.63) is 94.0 Å². The highest BCUT2D eigenvalue weighted by molar-refractivity contribution is 9.10. The van der Waals surface area contributed by atoms with Crippen molar-refractivity contribution in [3.8, 4) is 0 Å². The zero-order valence-electron chi connectivity index (χ0n) is 18.2. The van der Waals surface area contributed by atoms with Crippen molar-refractivity contribution in [1.82, 2.24) is 5.32 Å². The van der Waals surface area contributed by atoms with Gasteiger partial charge in [-0.3, -0.25) is 14.4 Å². The minimum atomic E-state index is -0.496. The molecule has 3 aromatic carbocycles. The Labute approximate surface area is 201 Å². The second-order valence-electron chi connectivity index (χ2n) is 8.09. The van der Waals surface area contributed by atoms with Gasteiger partial charge >= 0.3 is 0 Å². The van der Waals surface area contributed by atoms with Gasteiger partial charge in [0.1, 0.15) is 0 Å². The smallest absolute Gasteiger partial charge is 0.253 e. The van der Waals surface area contributed by atoms with Gasteiger partial charge in [0.05, 0.1) is 17.2 Å². The van der Waals surface area contributed by atoms with E-state index in [-0.39, 0.29) is 24.1 Å². The summed E-state index contributed by atoms with van der Waals surface area (Å²) in [4.78, 5) is 39.9. The van der Waals surface area contributed by atoms with Crippen LogP contribution in [0.3, 0.4) is 0 Å². The first-order valence-electron chi connectivity index (χ1n) is 10.7. The Morgan fingerprint density at radius 2 is 1.79 bits per heavy atom. The molecular weight excluding hydrogens is 482 g/mol. The van der Waals surface area contributed by atoms with Gasteiger partial charge in [-0.05, 0) is 48.9 Å². The number of aryl methyl sites for hydroxylation is 1. The number of nitrogens with one attached hydrogen (secondary N) is 2. The molecule has 0 aliphatic carbocycles. The van der Waals surface area contributed by atoms with Crippen LogP contribution in [0.25, 0.3) is 0 Å². The summed E-state index contributed by atoms with van der Waals surface area (Å²) in [6.07, 6.45) is 0.129. The number of anilines is 2. The Kier molecular flexibility index (Phi) is 6.89. The number of amides is 3. The van der Waals surface area contributed by atoms with Gasteiger partial charge in [-0.15, -0.1) is 0 Å². The Morgan fingerprint density at radius 1 is 1.03 bits per heavy atom. The lowest BCUT2D eigenvalue weighted by molar-refractivity contribution is -0.122. The van der Waals surface area contributed by atoms with E-state index in [1.165, 1.54) is 0 Å². The highest BCUT2D eigenvalue weighted by atomic mass is 79.9. The molecule has 3 aromatic rings. The van der Waals surface area contributed by atoms with Crippen LogP contribution >= 0.6 is 15.9 Å². The van der Waals surface area contributed by atoms with Gasteiger partial charge in [-0.25, -0.2) is 0 Å². The maximum absolute atomic E-state index is 13.0. The van der Waals surface area contributed by atoms with Crippen LogP contribution in [0.1, 0.15) is 27.9 Å². The van der Waals surface area contributed by atoms with E-state index in [9.17, 15) is 14.4 Å². The molecular formula is C26H24BrN3O3. The van der Waals surface area contributed by atoms with E-state index in [0.717, 1.165) is 21.3 Å². The molecule has 1 heterocycles. The molecule has 1 saturated heterocycles. The second kappa shape index (κ2) is 10.0. The number of nitrogens with zero attached hydrogens (tertiary/aromatic N) is 1. The molecule has 1 aliphatic heterocycles. The zero-order chi connectivity index (χ0) is 23.4. The van der Waals surface area contributed by atoms with Gasteiger partial charge < -0.3 is 15.5 Å². The summed E-state index contributed by atoms with van der Waals surface area (Å²) in [6, 6.07) is 22.2. The zero-order valence-corrected chi connectivity index (χ0v) is 19.8. The lowest BCUT2D eigenvalue weighted by Crippen LogP contribution is -2.29. The van der Waals surface area contributed by atoms with Crippen LogP contribution in [0.5, 0.6) is 0 Å². The molecule has 168 valence electrons. The van der Waals surface area contributed by atoms with Crippen molar-refractivity contribution < 1.29 is 14.4 Å². The van der Waals surface area contributed by atoms with Crippen molar-refractivity contribution in [2.24, 2.45) is 5.92 Å². The summed E-state index contributed by atoms with van der Waals surface area (Å²) in [5.41, 5.74) is 3.70. The first-order valence-corrected chi connectivity index (χ1v) is 11.5. The number of carbonyl (C=O) groups is 3. The molecule has 7 heteroatoms. The standard InChI is InChI=1S/C26H24BrN3O3/c1-17-5-4-6-18(13-17)15-28-26(33)22-7-2-3-8-23(22)29-25(32)19-14-24(31)30(16-19)21-11-9-20(27)10-12-21/h2-13,19H,14-16H2,1H3,(H,28,33)(H,29,32)/t19-/m1/s1. The molecule has 4 rings (SSSR count). The van der Waals surface area contributed by atoms with Gasteiger partial charge in [0.15, 0.2) is 0 Å². The van der Waals surface area contributed by atoms with Crippen LogP contribution in [-0.4, -0.2) is 24.3 Å². The molecule has 1 fully saturated rings. The fourth-order valence-corrected chi connectivity index (χ4v) is 4.14.